The van der Waals surface area contributed by atoms with Crippen molar-refractivity contribution in [2.75, 3.05) is 26.7 Å². The zero-order chi connectivity index (χ0) is 17.4. The number of nitrogens with one attached hydrogen (secondary N) is 2. The Kier molecular flexibility index (Phi) is 7.37. The van der Waals surface area contributed by atoms with Gasteiger partial charge in [0.05, 0.1) is 13.7 Å². The summed E-state index contributed by atoms with van der Waals surface area (Å²) in [6.07, 6.45) is 2.70. The average molecular weight is 332 g/mol. The van der Waals surface area contributed by atoms with Gasteiger partial charge in [0.1, 0.15) is 5.75 Å². The van der Waals surface area contributed by atoms with E-state index < -0.39 is 0 Å². The van der Waals surface area contributed by atoms with Gasteiger partial charge in [0.2, 0.25) is 0 Å². The molecular formula is C19H32N4O. The molecule has 0 spiro atoms. The highest BCUT2D eigenvalue weighted by Crippen LogP contribution is 2.27. The van der Waals surface area contributed by atoms with E-state index in [4.69, 9.17) is 4.74 Å². The van der Waals surface area contributed by atoms with Crippen LogP contribution in [0.3, 0.4) is 0 Å². The summed E-state index contributed by atoms with van der Waals surface area (Å²) in [6.45, 7) is 10.1. The highest BCUT2D eigenvalue weighted by molar-refractivity contribution is 5.79. The fraction of sp³-hybridized carbons (Fsp3) is 0.632. The molecule has 5 heteroatoms. The van der Waals surface area contributed by atoms with E-state index in [0.29, 0.717) is 12.6 Å². The second kappa shape index (κ2) is 9.52. The molecule has 1 aromatic carbocycles. The average Bonchev–Trinajstić information content (AvgIpc) is 3.41. The molecule has 134 valence electrons. The van der Waals surface area contributed by atoms with Gasteiger partial charge in [-0.05, 0) is 51.3 Å². The summed E-state index contributed by atoms with van der Waals surface area (Å²) in [5.74, 6) is 1.75. The summed E-state index contributed by atoms with van der Waals surface area (Å²) < 4.78 is 5.27. The number of nitrogens with zero attached hydrogens (tertiary/aromatic N) is 2. The first kappa shape index (κ1) is 18.6. The molecule has 1 aliphatic carbocycles. The van der Waals surface area contributed by atoms with Crippen LogP contribution in [0.1, 0.15) is 39.2 Å². The normalized spacial score (nSPS) is 15.0. The SMILES string of the molecule is CCNC(=NCc1cccc(OC)c1)NCCN(C(C)C)C1CC1. The topological polar surface area (TPSA) is 48.9 Å². The highest BCUT2D eigenvalue weighted by Gasteiger charge is 2.30. The van der Waals surface area contributed by atoms with Crippen LogP contribution in [-0.4, -0.2) is 49.7 Å². The minimum Gasteiger partial charge on any atom is -0.497 e. The summed E-state index contributed by atoms with van der Waals surface area (Å²) >= 11 is 0. The monoisotopic (exact) mass is 332 g/mol. The fourth-order valence-electron chi connectivity index (χ4n) is 2.85. The van der Waals surface area contributed by atoms with Crippen molar-refractivity contribution >= 4 is 5.96 Å². The molecule has 0 saturated heterocycles. The third-order valence-corrected chi connectivity index (χ3v) is 4.24. The van der Waals surface area contributed by atoms with Crippen molar-refractivity contribution in [2.24, 2.45) is 4.99 Å². The Hall–Kier alpha value is -1.75. The molecule has 24 heavy (non-hydrogen) atoms. The van der Waals surface area contributed by atoms with Crippen LogP contribution < -0.4 is 15.4 Å². The summed E-state index contributed by atoms with van der Waals surface area (Å²) in [5, 5.41) is 6.77. The summed E-state index contributed by atoms with van der Waals surface area (Å²) in [5.41, 5.74) is 1.15. The minimum atomic E-state index is 0.607. The summed E-state index contributed by atoms with van der Waals surface area (Å²) in [4.78, 5) is 7.26. The molecule has 0 aliphatic heterocycles. The number of methoxy groups -OCH3 is 1. The van der Waals surface area contributed by atoms with Gasteiger partial charge >= 0.3 is 0 Å². The molecule has 0 amide bonds. The first-order valence-electron chi connectivity index (χ1n) is 9.05. The molecule has 0 atom stereocenters. The first-order chi connectivity index (χ1) is 11.6. The lowest BCUT2D eigenvalue weighted by Gasteiger charge is -2.26. The van der Waals surface area contributed by atoms with Crippen LogP contribution in [0.4, 0.5) is 0 Å². The summed E-state index contributed by atoms with van der Waals surface area (Å²) in [6, 6.07) is 9.46. The second-order valence-corrected chi connectivity index (χ2v) is 6.54. The van der Waals surface area contributed by atoms with Gasteiger partial charge in [0.15, 0.2) is 5.96 Å². The van der Waals surface area contributed by atoms with Crippen molar-refractivity contribution in [2.45, 2.75) is 52.2 Å². The maximum Gasteiger partial charge on any atom is 0.191 e. The quantitative estimate of drug-likeness (QED) is 0.539. The molecule has 0 radical (unpaired) electrons. The molecule has 1 fully saturated rings. The molecule has 0 aromatic heterocycles. The Morgan fingerprint density at radius 3 is 2.75 bits per heavy atom. The number of rotatable bonds is 9. The van der Waals surface area contributed by atoms with Crippen LogP contribution in [0.15, 0.2) is 29.3 Å². The van der Waals surface area contributed by atoms with Crippen LogP contribution in [-0.2, 0) is 6.54 Å². The third-order valence-electron chi connectivity index (χ3n) is 4.24. The Balaban J connectivity index is 1.85. The molecule has 0 heterocycles. The van der Waals surface area contributed by atoms with E-state index in [2.05, 4.69) is 47.4 Å². The molecule has 1 aromatic rings. The number of aliphatic imine (C=N–C) groups is 1. The Morgan fingerprint density at radius 2 is 2.12 bits per heavy atom. The van der Waals surface area contributed by atoms with Crippen molar-refractivity contribution in [3.63, 3.8) is 0 Å². The van der Waals surface area contributed by atoms with Crippen LogP contribution in [0, 0.1) is 0 Å². The van der Waals surface area contributed by atoms with E-state index in [1.165, 1.54) is 12.8 Å². The fourth-order valence-corrected chi connectivity index (χ4v) is 2.85. The van der Waals surface area contributed by atoms with Gasteiger partial charge in [-0.1, -0.05) is 12.1 Å². The largest absolute Gasteiger partial charge is 0.497 e. The van der Waals surface area contributed by atoms with E-state index in [-0.39, 0.29) is 0 Å². The van der Waals surface area contributed by atoms with Gasteiger partial charge in [-0.25, -0.2) is 4.99 Å². The second-order valence-electron chi connectivity index (χ2n) is 6.54. The van der Waals surface area contributed by atoms with Gasteiger partial charge in [-0.15, -0.1) is 0 Å². The summed E-state index contributed by atoms with van der Waals surface area (Å²) in [7, 11) is 1.69. The number of guanidine groups is 1. The third kappa shape index (κ3) is 6.04. The van der Waals surface area contributed by atoms with Crippen molar-refractivity contribution in [1.29, 1.82) is 0 Å². The zero-order valence-corrected chi connectivity index (χ0v) is 15.5. The Bertz CT molecular complexity index is 524. The predicted molar refractivity (Wildman–Crippen MR) is 101 cm³/mol. The first-order valence-corrected chi connectivity index (χ1v) is 9.05. The lowest BCUT2D eigenvalue weighted by molar-refractivity contribution is 0.215. The minimum absolute atomic E-state index is 0.607. The molecule has 1 saturated carbocycles. The molecule has 2 N–H and O–H groups in total. The molecule has 1 aliphatic rings. The van der Waals surface area contributed by atoms with E-state index >= 15 is 0 Å². The molecule has 0 unspecified atom stereocenters. The van der Waals surface area contributed by atoms with Crippen LogP contribution in [0.5, 0.6) is 5.75 Å². The number of benzene rings is 1. The predicted octanol–water partition coefficient (Wildman–Crippen LogP) is 2.62. The van der Waals surface area contributed by atoms with E-state index in [1.807, 2.05) is 18.2 Å². The van der Waals surface area contributed by atoms with Crippen LogP contribution in [0.25, 0.3) is 0 Å². The Morgan fingerprint density at radius 1 is 1.33 bits per heavy atom. The van der Waals surface area contributed by atoms with Gasteiger partial charge in [-0.3, -0.25) is 4.90 Å². The smallest absolute Gasteiger partial charge is 0.191 e. The van der Waals surface area contributed by atoms with Crippen molar-refractivity contribution < 1.29 is 4.74 Å². The van der Waals surface area contributed by atoms with Crippen molar-refractivity contribution in [1.82, 2.24) is 15.5 Å². The lowest BCUT2D eigenvalue weighted by atomic mass is 10.2. The molecule has 2 rings (SSSR count). The van der Waals surface area contributed by atoms with Gasteiger partial charge in [0.25, 0.3) is 0 Å². The van der Waals surface area contributed by atoms with Crippen molar-refractivity contribution in [3.8, 4) is 5.75 Å². The maximum atomic E-state index is 5.27. The van der Waals surface area contributed by atoms with Crippen LogP contribution in [0.2, 0.25) is 0 Å². The highest BCUT2D eigenvalue weighted by atomic mass is 16.5. The van der Waals surface area contributed by atoms with Gasteiger partial charge in [-0.2, -0.15) is 0 Å². The standard InChI is InChI=1S/C19H32N4O/c1-5-20-19(21-11-12-23(15(2)3)17-9-10-17)22-14-16-7-6-8-18(13-16)24-4/h6-8,13,15,17H,5,9-12,14H2,1-4H3,(H2,20,21,22). The van der Waals surface area contributed by atoms with Gasteiger partial charge < -0.3 is 15.4 Å². The zero-order valence-electron chi connectivity index (χ0n) is 15.5. The number of ether oxygens (including phenoxy) is 1. The number of hydrogen-bond donors (Lipinski definition) is 2. The van der Waals surface area contributed by atoms with Crippen LogP contribution >= 0.6 is 0 Å². The molecular weight excluding hydrogens is 300 g/mol. The van der Waals surface area contributed by atoms with Gasteiger partial charge in [0, 0.05) is 31.7 Å². The van der Waals surface area contributed by atoms with E-state index in [9.17, 15) is 0 Å². The maximum absolute atomic E-state index is 5.27. The molecule has 0 bridgehead atoms. The Labute approximate surface area is 146 Å². The molecule has 5 nitrogen and oxygen atoms in total. The number of hydrogen-bond acceptors (Lipinski definition) is 3. The van der Waals surface area contributed by atoms with E-state index in [0.717, 1.165) is 42.9 Å². The van der Waals surface area contributed by atoms with E-state index in [1.54, 1.807) is 7.11 Å². The lowest BCUT2D eigenvalue weighted by Crippen LogP contribution is -2.43. The van der Waals surface area contributed by atoms with Crippen molar-refractivity contribution in [3.05, 3.63) is 29.8 Å².